The van der Waals surface area contributed by atoms with Crippen molar-refractivity contribution >= 4 is 16.0 Å². The summed E-state index contributed by atoms with van der Waals surface area (Å²) in [5, 5.41) is 11.8. The average Bonchev–Trinajstić information content (AvgIpc) is 2.74. The molecule has 0 aliphatic carbocycles. The number of aliphatic imine (C=N–C) groups is 1. The zero-order valence-electron chi connectivity index (χ0n) is 17.5. The summed E-state index contributed by atoms with van der Waals surface area (Å²) in [4.78, 5) is 4.40. The number of nitrogens with zero attached hydrogens (tertiary/aromatic N) is 1. The molecule has 4 N–H and O–H groups in total. The monoisotopic (exact) mass is 430 g/mol. The molecule has 1 aliphatic rings. The molecule has 2 unspecified atom stereocenters. The molecule has 0 bridgehead atoms. The van der Waals surface area contributed by atoms with Crippen molar-refractivity contribution in [3.63, 3.8) is 0 Å². The van der Waals surface area contributed by atoms with Gasteiger partial charge >= 0.3 is 0 Å². The maximum absolute atomic E-state index is 11.4. The number of ether oxygens (including phenoxy) is 1. The van der Waals surface area contributed by atoms with Gasteiger partial charge in [-0.15, -0.1) is 0 Å². The lowest BCUT2D eigenvalue weighted by Crippen LogP contribution is -2.41. The van der Waals surface area contributed by atoms with E-state index in [1.165, 1.54) is 23.3 Å². The third-order valence-electron chi connectivity index (χ3n) is 5.32. The molecule has 0 radical (unpaired) electrons. The molecule has 2 aromatic rings. The fourth-order valence-corrected chi connectivity index (χ4v) is 4.12. The van der Waals surface area contributed by atoms with Crippen molar-refractivity contribution in [1.82, 2.24) is 10.6 Å². The number of guanidine groups is 1. The molecule has 0 saturated carbocycles. The van der Waals surface area contributed by atoms with Crippen LogP contribution in [-0.2, 0) is 21.3 Å². The van der Waals surface area contributed by atoms with Crippen molar-refractivity contribution in [3.8, 4) is 0 Å². The van der Waals surface area contributed by atoms with Gasteiger partial charge < -0.3 is 15.4 Å². The summed E-state index contributed by atoms with van der Waals surface area (Å²) in [5.74, 6) is 1.05. The van der Waals surface area contributed by atoms with E-state index in [0.717, 1.165) is 31.6 Å². The first kappa shape index (κ1) is 22.3. The second-order valence-electron chi connectivity index (χ2n) is 7.60. The Bertz CT molecular complexity index is 957. The summed E-state index contributed by atoms with van der Waals surface area (Å²) in [6.07, 6.45) is 2.23. The minimum atomic E-state index is -3.68. The van der Waals surface area contributed by atoms with Crippen LogP contribution in [-0.4, -0.2) is 34.6 Å². The Balaban J connectivity index is 1.55. The highest BCUT2D eigenvalue weighted by Gasteiger charge is 2.27. The van der Waals surface area contributed by atoms with E-state index >= 15 is 0 Å². The maximum atomic E-state index is 11.4. The van der Waals surface area contributed by atoms with Crippen LogP contribution in [0.2, 0.25) is 0 Å². The van der Waals surface area contributed by atoms with Crippen LogP contribution >= 0.6 is 0 Å². The fourth-order valence-electron chi connectivity index (χ4n) is 3.61. The molecular weight excluding hydrogens is 400 g/mol. The number of rotatable bonds is 6. The van der Waals surface area contributed by atoms with Crippen LogP contribution in [0.1, 0.15) is 35.6 Å². The molecule has 2 atom stereocenters. The van der Waals surface area contributed by atoms with Crippen molar-refractivity contribution in [2.75, 3.05) is 20.2 Å². The number of sulfonamides is 1. The van der Waals surface area contributed by atoms with E-state index in [2.05, 4.69) is 46.8 Å². The summed E-state index contributed by atoms with van der Waals surface area (Å²) in [5.41, 5.74) is 3.39. The van der Waals surface area contributed by atoms with Crippen molar-refractivity contribution < 1.29 is 13.2 Å². The number of benzene rings is 2. The Labute approximate surface area is 178 Å². The minimum absolute atomic E-state index is 0.0794. The van der Waals surface area contributed by atoms with Crippen LogP contribution in [0.15, 0.2) is 58.4 Å². The molecule has 162 valence electrons. The van der Waals surface area contributed by atoms with Gasteiger partial charge in [-0.2, -0.15) is 0 Å². The quantitative estimate of drug-likeness (QED) is 0.482. The van der Waals surface area contributed by atoms with Gasteiger partial charge in [0.05, 0.1) is 11.0 Å². The summed E-state index contributed by atoms with van der Waals surface area (Å²) < 4.78 is 28.8. The Morgan fingerprint density at radius 2 is 1.83 bits per heavy atom. The zero-order valence-corrected chi connectivity index (χ0v) is 18.3. The van der Waals surface area contributed by atoms with Crippen LogP contribution in [0.5, 0.6) is 0 Å². The van der Waals surface area contributed by atoms with Crippen molar-refractivity contribution in [3.05, 3.63) is 65.2 Å². The van der Waals surface area contributed by atoms with Crippen LogP contribution in [0.4, 0.5) is 0 Å². The average molecular weight is 431 g/mol. The van der Waals surface area contributed by atoms with Gasteiger partial charge in [0.1, 0.15) is 0 Å². The summed E-state index contributed by atoms with van der Waals surface area (Å²) >= 11 is 0. The lowest BCUT2D eigenvalue weighted by atomic mass is 9.89. The van der Waals surface area contributed by atoms with E-state index in [4.69, 9.17) is 9.88 Å². The molecular formula is C22H30N4O3S. The Morgan fingerprint density at radius 3 is 2.47 bits per heavy atom. The molecule has 7 nitrogen and oxygen atoms in total. The SMILES string of the molecule is CN=C(NCc1ccc(S(N)(=O)=O)cc1)NCC1CCCOC1c1ccc(C)cc1. The third kappa shape index (κ3) is 6.04. The van der Waals surface area contributed by atoms with Gasteiger partial charge in [-0.25, -0.2) is 13.6 Å². The van der Waals surface area contributed by atoms with E-state index in [1.54, 1.807) is 19.2 Å². The van der Waals surface area contributed by atoms with Gasteiger partial charge in [0.15, 0.2) is 5.96 Å². The second-order valence-corrected chi connectivity index (χ2v) is 9.16. The number of aryl methyl sites for hydroxylation is 1. The Kier molecular flexibility index (Phi) is 7.47. The minimum Gasteiger partial charge on any atom is -0.373 e. The molecule has 8 heteroatoms. The van der Waals surface area contributed by atoms with Gasteiger partial charge in [-0.05, 0) is 43.0 Å². The molecule has 30 heavy (non-hydrogen) atoms. The smallest absolute Gasteiger partial charge is 0.238 e. The molecule has 0 spiro atoms. The van der Waals surface area contributed by atoms with Crippen LogP contribution < -0.4 is 15.8 Å². The molecule has 1 heterocycles. The van der Waals surface area contributed by atoms with Crippen molar-refractivity contribution in [2.24, 2.45) is 16.0 Å². The van der Waals surface area contributed by atoms with E-state index < -0.39 is 10.0 Å². The number of nitrogens with two attached hydrogens (primary N) is 1. The Morgan fingerprint density at radius 1 is 1.13 bits per heavy atom. The van der Waals surface area contributed by atoms with Crippen LogP contribution in [0.25, 0.3) is 0 Å². The highest BCUT2D eigenvalue weighted by molar-refractivity contribution is 7.89. The molecule has 0 aromatic heterocycles. The largest absolute Gasteiger partial charge is 0.373 e. The van der Waals surface area contributed by atoms with Gasteiger partial charge in [0, 0.05) is 32.7 Å². The lowest BCUT2D eigenvalue weighted by Gasteiger charge is -2.32. The fraction of sp³-hybridized carbons (Fsp3) is 0.409. The standard InChI is InChI=1S/C22H30N4O3S/c1-16-5-9-18(10-6-16)21-19(4-3-13-29-21)15-26-22(24-2)25-14-17-7-11-20(12-8-17)30(23,27)28/h5-12,19,21H,3-4,13-15H2,1-2H3,(H2,23,27,28)(H2,24,25,26). The Hall–Kier alpha value is -2.42. The summed E-state index contributed by atoms with van der Waals surface area (Å²) in [6.45, 7) is 4.15. The predicted molar refractivity (Wildman–Crippen MR) is 119 cm³/mol. The summed E-state index contributed by atoms with van der Waals surface area (Å²) in [6, 6.07) is 15.0. The zero-order chi connectivity index (χ0) is 21.6. The van der Waals surface area contributed by atoms with Gasteiger partial charge in [-0.3, -0.25) is 4.99 Å². The number of hydrogen-bond acceptors (Lipinski definition) is 4. The molecule has 1 saturated heterocycles. The lowest BCUT2D eigenvalue weighted by molar-refractivity contribution is -0.0265. The van der Waals surface area contributed by atoms with E-state index in [1.807, 2.05) is 0 Å². The number of nitrogens with one attached hydrogen (secondary N) is 2. The third-order valence-corrected chi connectivity index (χ3v) is 6.25. The molecule has 2 aromatic carbocycles. The number of primary sulfonamides is 1. The van der Waals surface area contributed by atoms with E-state index in [0.29, 0.717) is 18.4 Å². The van der Waals surface area contributed by atoms with E-state index in [-0.39, 0.29) is 11.0 Å². The van der Waals surface area contributed by atoms with Gasteiger partial charge in [0.2, 0.25) is 10.0 Å². The first-order valence-electron chi connectivity index (χ1n) is 10.1. The molecule has 0 amide bonds. The first-order valence-corrected chi connectivity index (χ1v) is 11.7. The topological polar surface area (TPSA) is 106 Å². The molecule has 3 rings (SSSR count). The van der Waals surface area contributed by atoms with Gasteiger partial charge in [0.25, 0.3) is 0 Å². The van der Waals surface area contributed by atoms with Gasteiger partial charge in [-0.1, -0.05) is 42.0 Å². The molecule has 1 aliphatic heterocycles. The summed E-state index contributed by atoms with van der Waals surface area (Å²) in [7, 11) is -1.95. The predicted octanol–water partition coefficient (Wildman–Crippen LogP) is 2.48. The first-order chi connectivity index (χ1) is 14.4. The second kappa shape index (κ2) is 10.1. The van der Waals surface area contributed by atoms with Crippen molar-refractivity contribution in [2.45, 2.75) is 37.3 Å². The maximum Gasteiger partial charge on any atom is 0.238 e. The van der Waals surface area contributed by atoms with Crippen LogP contribution in [0, 0.1) is 12.8 Å². The normalized spacial score (nSPS) is 20.0. The number of hydrogen-bond donors (Lipinski definition) is 3. The highest BCUT2D eigenvalue weighted by atomic mass is 32.2. The van der Waals surface area contributed by atoms with E-state index in [9.17, 15) is 8.42 Å². The molecule has 1 fully saturated rings. The van der Waals surface area contributed by atoms with Crippen molar-refractivity contribution in [1.29, 1.82) is 0 Å². The van der Waals surface area contributed by atoms with Crippen LogP contribution in [0.3, 0.4) is 0 Å². The highest BCUT2D eigenvalue weighted by Crippen LogP contribution is 2.33.